The van der Waals surface area contributed by atoms with E-state index in [4.69, 9.17) is 26.4 Å². The van der Waals surface area contributed by atoms with Crippen LogP contribution in [-0.2, 0) is 9.53 Å². The molecule has 1 aromatic rings. The van der Waals surface area contributed by atoms with Crippen molar-refractivity contribution in [2.75, 3.05) is 44.9 Å². The van der Waals surface area contributed by atoms with Crippen molar-refractivity contribution in [3.05, 3.63) is 18.2 Å². The number of rotatable bonds is 2. The van der Waals surface area contributed by atoms with E-state index in [1.165, 1.54) is 0 Å². The smallest absolute Gasteiger partial charge is 0.251 e. The van der Waals surface area contributed by atoms with Crippen LogP contribution in [0.15, 0.2) is 18.2 Å². The third kappa shape index (κ3) is 3.50. The zero-order valence-electron chi connectivity index (χ0n) is 13.9. The third-order valence-corrected chi connectivity index (χ3v) is 5.07. The zero-order chi connectivity index (χ0) is 17.2. The highest BCUT2D eigenvalue weighted by atomic mass is 32.1. The fourth-order valence-corrected chi connectivity index (χ4v) is 3.58. The van der Waals surface area contributed by atoms with Crippen molar-refractivity contribution in [1.29, 1.82) is 0 Å². The molecule has 0 bridgehead atoms. The molecule has 1 amide bonds. The Morgan fingerprint density at radius 1 is 1.12 bits per heavy atom. The minimum atomic E-state index is -0.245. The molecule has 0 unspecified atom stereocenters. The molecule has 2 saturated heterocycles. The summed E-state index contributed by atoms with van der Waals surface area (Å²) >= 11 is 5.51. The molecule has 0 spiro atoms. The van der Waals surface area contributed by atoms with Crippen molar-refractivity contribution < 1.29 is 19.0 Å². The van der Waals surface area contributed by atoms with E-state index >= 15 is 0 Å². The lowest BCUT2D eigenvalue weighted by Crippen LogP contribution is -2.53. The first-order chi connectivity index (χ1) is 12.2. The van der Waals surface area contributed by atoms with E-state index in [1.807, 2.05) is 23.1 Å². The summed E-state index contributed by atoms with van der Waals surface area (Å²) in [5.74, 6) is 1.59. The summed E-state index contributed by atoms with van der Waals surface area (Å²) in [7, 11) is 0. The molecule has 8 heteroatoms. The van der Waals surface area contributed by atoms with Gasteiger partial charge in [-0.05, 0) is 37.2 Å². The molecule has 1 aromatic carbocycles. The molecule has 25 heavy (non-hydrogen) atoms. The lowest BCUT2D eigenvalue weighted by Gasteiger charge is -2.37. The van der Waals surface area contributed by atoms with Gasteiger partial charge >= 0.3 is 0 Å². The van der Waals surface area contributed by atoms with Crippen LogP contribution in [0.2, 0.25) is 0 Å². The standard InChI is InChI=1S/C17H21N3O4S/c21-16(14-2-1-9-22-14)19-5-7-20(8-6-19)17(25)18-12-3-4-13-15(10-12)24-11-23-13/h3-4,10,14H,1-2,5-9,11H2,(H,18,25)/t14-/m1/s1. The molecule has 3 aliphatic rings. The number of nitrogens with one attached hydrogen (secondary N) is 1. The molecule has 134 valence electrons. The molecule has 1 atom stereocenters. The summed E-state index contributed by atoms with van der Waals surface area (Å²) in [5.41, 5.74) is 0.868. The minimum Gasteiger partial charge on any atom is -0.454 e. The maximum Gasteiger partial charge on any atom is 0.251 e. The number of hydrogen-bond acceptors (Lipinski definition) is 5. The SMILES string of the molecule is O=C([C@H]1CCCO1)N1CCN(C(=S)Nc2ccc3c(c2)OCO3)CC1. The largest absolute Gasteiger partial charge is 0.454 e. The Kier molecular flexibility index (Phi) is 4.63. The number of amides is 1. The normalized spacial score (nSPS) is 22.2. The summed E-state index contributed by atoms with van der Waals surface area (Å²) in [6.07, 6.45) is 1.56. The maximum atomic E-state index is 12.4. The molecule has 0 aliphatic carbocycles. The number of thiocarbonyl (C=S) groups is 1. The average molecular weight is 363 g/mol. The lowest BCUT2D eigenvalue weighted by atomic mass is 10.2. The van der Waals surface area contributed by atoms with Crippen molar-refractivity contribution in [3.8, 4) is 11.5 Å². The monoisotopic (exact) mass is 363 g/mol. The van der Waals surface area contributed by atoms with Gasteiger partial charge in [0.15, 0.2) is 16.6 Å². The maximum absolute atomic E-state index is 12.4. The molecule has 0 radical (unpaired) electrons. The van der Waals surface area contributed by atoms with Crippen LogP contribution in [0.25, 0.3) is 0 Å². The average Bonchev–Trinajstić information content (AvgIpc) is 3.32. The second-order valence-electron chi connectivity index (χ2n) is 6.31. The van der Waals surface area contributed by atoms with E-state index < -0.39 is 0 Å². The van der Waals surface area contributed by atoms with Gasteiger partial charge in [-0.25, -0.2) is 0 Å². The Morgan fingerprint density at radius 3 is 2.64 bits per heavy atom. The van der Waals surface area contributed by atoms with Gasteiger partial charge in [-0.2, -0.15) is 0 Å². The Bertz CT molecular complexity index is 670. The van der Waals surface area contributed by atoms with E-state index in [1.54, 1.807) is 0 Å². The van der Waals surface area contributed by atoms with Gasteiger partial charge in [0.05, 0.1) is 0 Å². The van der Waals surface area contributed by atoms with Crippen LogP contribution in [0, 0.1) is 0 Å². The Balaban J connectivity index is 1.30. The Hall–Kier alpha value is -2.06. The van der Waals surface area contributed by atoms with E-state index in [0.717, 1.165) is 43.1 Å². The van der Waals surface area contributed by atoms with Gasteiger partial charge in [0.25, 0.3) is 5.91 Å². The second-order valence-corrected chi connectivity index (χ2v) is 6.70. The summed E-state index contributed by atoms with van der Waals surface area (Å²) in [6.45, 7) is 3.72. The predicted molar refractivity (Wildman–Crippen MR) is 95.9 cm³/mol. The first-order valence-electron chi connectivity index (χ1n) is 8.57. The van der Waals surface area contributed by atoms with E-state index in [9.17, 15) is 4.79 Å². The van der Waals surface area contributed by atoms with Crippen LogP contribution in [0.4, 0.5) is 5.69 Å². The van der Waals surface area contributed by atoms with Crippen LogP contribution in [-0.4, -0.2) is 66.5 Å². The van der Waals surface area contributed by atoms with Gasteiger partial charge in [-0.3, -0.25) is 4.79 Å². The number of carbonyl (C=O) groups is 1. The van der Waals surface area contributed by atoms with Crippen LogP contribution in [0.1, 0.15) is 12.8 Å². The molecule has 1 N–H and O–H groups in total. The number of hydrogen-bond donors (Lipinski definition) is 1. The van der Waals surface area contributed by atoms with E-state index in [-0.39, 0.29) is 18.8 Å². The van der Waals surface area contributed by atoms with E-state index in [2.05, 4.69) is 10.2 Å². The molecule has 3 heterocycles. The second kappa shape index (κ2) is 7.05. The van der Waals surface area contributed by atoms with Crippen LogP contribution in [0.3, 0.4) is 0 Å². The van der Waals surface area contributed by atoms with Crippen molar-refractivity contribution in [1.82, 2.24) is 9.80 Å². The lowest BCUT2D eigenvalue weighted by molar-refractivity contribution is -0.142. The number of carbonyl (C=O) groups excluding carboxylic acids is 1. The van der Waals surface area contributed by atoms with Crippen molar-refractivity contribution in [2.45, 2.75) is 18.9 Å². The number of benzene rings is 1. The molecule has 3 aliphatic heterocycles. The van der Waals surface area contributed by atoms with Crippen molar-refractivity contribution in [2.24, 2.45) is 0 Å². The highest BCUT2D eigenvalue weighted by Gasteiger charge is 2.30. The molecule has 7 nitrogen and oxygen atoms in total. The van der Waals surface area contributed by atoms with Crippen molar-refractivity contribution in [3.63, 3.8) is 0 Å². The Morgan fingerprint density at radius 2 is 1.88 bits per heavy atom. The van der Waals surface area contributed by atoms with Gasteiger partial charge in [0.2, 0.25) is 6.79 Å². The summed E-state index contributed by atoms with van der Waals surface area (Å²) in [6, 6.07) is 5.66. The van der Waals surface area contributed by atoms with Gasteiger partial charge in [-0.15, -0.1) is 0 Å². The molecule has 0 saturated carbocycles. The van der Waals surface area contributed by atoms with Gasteiger partial charge in [0.1, 0.15) is 6.10 Å². The topological polar surface area (TPSA) is 63.3 Å². The van der Waals surface area contributed by atoms with Crippen LogP contribution in [0.5, 0.6) is 11.5 Å². The summed E-state index contributed by atoms with van der Waals surface area (Å²) < 4.78 is 16.2. The number of fused-ring (bicyclic) bond motifs is 1. The quantitative estimate of drug-likeness (QED) is 0.798. The van der Waals surface area contributed by atoms with Crippen LogP contribution >= 0.6 is 12.2 Å². The van der Waals surface area contributed by atoms with Gasteiger partial charge in [-0.1, -0.05) is 0 Å². The van der Waals surface area contributed by atoms with Gasteiger partial charge < -0.3 is 29.3 Å². The minimum absolute atomic E-state index is 0.117. The number of piperazine rings is 1. The summed E-state index contributed by atoms with van der Waals surface area (Å²) in [5, 5.41) is 3.89. The highest BCUT2D eigenvalue weighted by Crippen LogP contribution is 2.34. The number of nitrogens with zero attached hydrogens (tertiary/aromatic N) is 2. The zero-order valence-corrected chi connectivity index (χ0v) is 14.7. The van der Waals surface area contributed by atoms with E-state index in [0.29, 0.717) is 24.8 Å². The molecule has 4 rings (SSSR count). The predicted octanol–water partition coefficient (Wildman–Crippen LogP) is 1.44. The Labute approximate surface area is 151 Å². The molecular weight excluding hydrogens is 342 g/mol. The fraction of sp³-hybridized carbons (Fsp3) is 0.529. The molecule has 2 fully saturated rings. The molecular formula is C17H21N3O4S. The first kappa shape index (κ1) is 16.4. The third-order valence-electron chi connectivity index (χ3n) is 4.71. The first-order valence-corrected chi connectivity index (χ1v) is 8.97. The molecule has 0 aromatic heterocycles. The van der Waals surface area contributed by atoms with Crippen LogP contribution < -0.4 is 14.8 Å². The van der Waals surface area contributed by atoms with Gasteiger partial charge in [0, 0.05) is 44.5 Å². The number of ether oxygens (including phenoxy) is 3. The highest BCUT2D eigenvalue weighted by molar-refractivity contribution is 7.80. The number of anilines is 1. The summed E-state index contributed by atoms with van der Waals surface area (Å²) in [4.78, 5) is 16.4. The fourth-order valence-electron chi connectivity index (χ4n) is 3.28. The van der Waals surface area contributed by atoms with Crippen molar-refractivity contribution >= 4 is 28.9 Å².